The van der Waals surface area contributed by atoms with Gasteiger partial charge in [0.2, 0.25) is 5.91 Å². The Morgan fingerprint density at radius 2 is 1.93 bits per heavy atom. The molecule has 1 amide bonds. The summed E-state index contributed by atoms with van der Waals surface area (Å²) in [6, 6.07) is 6.84. The minimum Gasteiger partial charge on any atom is -0.506 e. The van der Waals surface area contributed by atoms with Crippen molar-refractivity contribution in [3.8, 4) is 29.1 Å². The van der Waals surface area contributed by atoms with Crippen molar-refractivity contribution < 1.29 is 25.2 Å². The van der Waals surface area contributed by atoms with Crippen molar-refractivity contribution in [3.05, 3.63) is 52.0 Å². The van der Waals surface area contributed by atoms with E-state index in [1.54, 1.807) is 0 Å². The lowest BCUT2D eigenvalue weighted by atomic mass is 10.1. The van der Waals surface area contributed by atoms with Gasteiger partial charge in [0.05, 0.1) is 16.7 Å². The van der Waals surface area contributed by atoms with E-state index in [0.29, 0.717) is 18.4 Å². The van der Waals surface area contributed by atoms with Crippen LogP contribution in [0.15, 0.2) is 30.3 Å². The first-order valence-corrected chi connectivity index (χ1v) is 8.59. The van der Waals surface area contributed by atoms with Crippen molar-refractivity contribution in [1.82, 2.24) is 0 Å². The van der Waals surface area contributed by atoms with Crippen LogP contribution in [0.3, 0.4) is 0 Å². The Morgan fingerprint density at radius 3 is 2.46 bits per heavy atom. The van der Waals surface area contributed by atoms with E-state index in [0.717, 1.165) is 6.21 Å². The Kier molecular flexibility index (Phi) is 8.82. The van der Waals surface area contributed by atoms with Crippen molar-refractivity contribution in [2.75, 3.05) is 0 Å². The normalized spacial score (nSPS) is 10.7. The third-order valence-corrected chi connectivity index (χ3v) is 3.85. The minimum atomic E-state index is -0.563. The summed E-state index contributed by atoms with van der Waals surface area (Å²) in [5.41, 5.74) is 5.95. The van der Waals surface area contributed by atoms with Crippen LogP contribution >= 0.6 is 11.6 Å². The lowest BCUT2D eigenvalue weighted by molar-refractivity contribution is 0.1000. The molecule has 0 radical (unpaired) electrons. The number of phenolic OH excluding ortho intramolecular Hbond substituents is 3. The zero-order valence-electron chi connectivity index (χ0n) is 15.1. The number of nitrogens with one attached hydrogen (secondary N) is 1. The number of benzene rings is 2. The standard InChI is InChI=1S/C13H15NO3.C7H6ClNO2/c1-2-11(15)5-3-4-10-6-9(8-14)7-12(16)13(10)17;8-5-3-4(7(9)11)1-2-6(5)10/h6-8,11,14-17H,2,5H2,1H3;1-3,10H,(H2,9,11). The van der Waals surface area contributed by atoms with E-state index in [-0.39, 0.29) is 33.4 Å². The van der Waals surface area contributed by atoms with Crippen molar-refractivity contribution in [1.29, 1.82) is 5.41 Å². The van der Waals surface area contributed by atoms with Gasteiger partial charge in [-0.3, -0.25) is 4.79 Å². The summed E-state index contributed by atoms with van der Waals surface area (Å²) in [6.45, 7) is 1.85. The van der Waals surface area contributed by atoms with Crippen LogP contribution in [0.5, 0.6) is 17.2 Å². The molecule has 0 aliphatic carbocycles. The van der Waals surface area contributed by atoms with E-state index in [1.807, 2.05) is 6.92 Å². The van der Waals surface area contributed by atoms with Gasteiger partial charge in [0.25, 0.3) is 0 Å². The molecule has 0 aliphatic heterocycles. The third-order valence-electron chi connectivity index (χ3n) is 3.54. The molecule has 0 aromatic heterocycles. The molecule has 0 heterocycles. The van der Waals surface area contributed by atoms with E-state index in [2.05, 4.69) is 11.8 Å². The molecule has 28 heavy (non-hydrogen) atoms. The molecule has 0 aliphatic rings. The molecule has 0 bridgehead atoms. The number of hydrogen-bond donors (Lipinski definition) is 6. The highest BCUT2D eigenvalue weighted by Crippen LogP contribution is 2.29. The van der Waals surface area contributed by atoms with E-state index in [9.17, 15) is 20.1 Å². The number of aliphatic hydroxyl groups is 1. The largest absolute Gasteiger partial charge is 0.506 e. The second-order valence-corrected chi connectivity index (χ2v) is 6.09. The van der Waals surface area contributed by atoms with E-state index in [4.69, 9.17) is 27.9 Å². The molecule has 148 valence electrons. The van der Waals surface area contributed by atoms with Crippen LogP contribution in [0.1, 0.15) is 41.3 Å². The van der Waals surface area contributed by atoms with Gasteiger partial charge < -0.3 is 31.6 Å². The molecule has 0 spiro atoms. The lowest BCUT2D eigenvalue weighted by Gasteiger charge is -2.02. The number of carbonyl (C=O) groups excluding carboxylic acids is 1. The first-order valence-electron chi connectivity index (χ1n) is 8.21. The average Bonchev–Trinajstić information content (AvgIpc) is 2.67. The number of primary amides is 1. The summed E-state index contributed by atoms with van der Waals surface area (Å²) in [5.74, 6) is 4.18. The fourth-order valence-electron chi connectivity index (χ4n) is 1.89. The highest BCUT2D eigenvalue weighted by Gasteiger charge is 2.06. The van der Waals surface area contributed by atoms with E-state index >= 15 is 0 Å². The van der Waals surface area contributed by atoms with Crippen LogP contribution < -0.4 is 5.73 Å². The summed E-state index contributed by atoms with van der Waals surface area (Å²) in [6.07, 6.45) is 1.51. The van der Waals surface area contributed by atoms with Crippen molar-refractivity contribution in [3.63, 3.8) is 0 Å². The molecule has 8 heteroatoms. The number of aromatic hydroxyl groups is 3. The van der Waals surface area contributed by atoms with Gasteiger partial charge in [0, 0.05) is 18.2 Å². The van der Waals surface area contributed by atoms with Crippen LogP contribution in [-0.4, -0.2) is 38.7 Å². The van der Waals surface area contributed by atoms with Crippen LogP contribution in [0.2, 0.25) is 5.02 Å². The summed E-state index contributed by atoms with van der Waals surface area (Å²) < 4.78 is 0. The molecule has 1 unspecified atom stereocenters. The van der Waals surface area contributed by atoms with Crippen molar-refractivity contribution in [2.24, 2.45) is 5.73 Å². The van der Waals surface area contributed by atoms with Gasteiger partial charge >= 0.3 is 0 Å². The van der Waals surface area contributed by atoms with Crippen LogP contribution in [-0.2, 0) is 0 Å². The van der Waals surface area contributed by atoms with Gasteiger partial charge in [-0.25, -0.2) is 0 Å². The second kappa shape index (κ2) is 10.8. The summed E-state index contributed by atoms with van der Waals surface area (Å²) in [7, 11) is 0. The van der Waals surface area contributed by atoms with Gasteiger partial charge in [-0.2, -0.15) is 0 Å². The molecule has 0 saturated carbocycles. The number of rotatable bonds is 4. The maximum atomic E-state index is 10.5. The molecule has 7 nitrogen and oxygen atoms in total. The summed E-state index contributed by atoms with van der Waals surface area (Å²) >= 11 is 5.50. The number of nitrogens with two attached hydrogens (primary N) is 1. The predicted octanol–water partition coefficient (Wildman–Crippen LogP) is 2.75. The number of phenols is 3. The zero-order chi connectivity index (χ0) is 21.3. The smallest absolute Gasteiger partial charge is 0.248 e. The molecule has 7 N–H and O–H groups in total. The van der Waals surface area contributed by atoms with Gasteiger partial charge in [0.15, 0.2) is 11.5 Å². The van der Waals surface area contributed by atoms with Crippen molar-refractivity contribution >= 4 is 23.7 Å². The first-order chi connectivity index (χ1) is 13.2. The Labute approximate surface area is 167 Å². The maximum absolute atomic E-state index is 10.5. The Morgan fingerprint density at radius 1 is 1.25 bits per heavy atom. The lowest BCUT2D eigenvalue weighted by Crippen LogP contribution is -2.10. The second-order valence-electron chi connectivity index (χ2n) is 5.68. The van der Waals surface area contributed by atoms with Crippen LogP contribution in [0.25, 0.3) is 0 Å². The van der Waals surface area contributed by atoms with Crippen LogP contribution in [0, 0.1) is 17.3 Å². The van der Waals surface area contributed by atoms with Gasteiger partial charge in [-0.15, -0.1) is 0 Å². The molecule has 2 aromatic rings. The zero-order valence-corrected chi connectivity index (χ0v) is 15.9. The van der Waals surface area contributed by atoms with Gasteiger partial charge in [-0.05, 0) is 42.3 Å². The maximum Gasteiger partial charge on any atom is 0.248 e. The Hall–Kier alpha value is -3.21. The number of hydrogen-bond acceptors (Lipinski definition) is 6. The first kappa shape index (κ1) is 22.8. The highest BCUT2D eigenvalue weighted by molar-refractivity contribution is 6.32. The predicted molar refractivity (Wildman–Crippen MR) is 107 cm³/mol. The Balaban J connectivity index is 0.000000307. The fraction of sp³-hybridized carbons (Fsp3) is 0.200. The topological polar surface area (TPSA) is 148 Å². The fourth-order valence-corrected chi connectivity index (χ4v) is 2.07. The van der Waals surface area contributed by atoms with E-state index < -0.39 is 12.0 Å². The highest BCUT2D eigenvalue weighted by atomic mass is 35.5. The third kappa shape index (κ3) is 6.83. The molecule has 0 saturated heterocycles. The van der Waals surface area contributed by atoms with E-state index in [1.165, 1.54) is 30.3 Å². The van der Waals surface area contributed by atoms with Gasteiger partial charge in [0.1, 0.15) is 5.75 Å². The number of amides is 1. The molecule has 2 rings (SSSR count). The van der Waals surface area contributed by atoms with Crippen LogP contribution in [0.4, 0.5) is 0 Å². The molecular formula is C20H21ClN2O5. The van der Waals surface area contributed by atoms with Gasteiger partial charge in [-0.1, -0.05) is 30.4 Å². The SMILES string of the molecule is CCC(O)CC#Cc1cc(C=N)cc(O)c1O.NC(=O)c1ccc(O)c(Cl)c1. The number of carbonyl (C=O) groups is 1. The summed E-state index contributed by atoms with van der Waals surface area (Å²) in [4.78, 5) is 10.5. The summed E-state index contributed by atoms with van der Waals surface area (Å²) in [5, 5.41) is 44.4. The minimum absolute atomic E-state index is 0.0586. The quantitative estimate of drug-likeness (QED) is 0.263. The molecule has 2 aromatic carbocycles. The number of halogens is 1. The number of aliphatic hydroxyl groups excluding tert-OH is 1. The van der Waals surface area contributed by atoms with Crippen molar-refractivity contribution in [2.45, 2.75) is 25.9 Å². The Bertz CT molecular complexity index is 919. The monoisotopic (exact) mass is 404 g/mol. The molecule has 1 atom stereocenters. The molecular weight excluding hydrogens is 384 g/mol. The molecule has 0 fully saturated rings. The average molecular weight is 405 g/mol.